The van der Waals surface area contributed by atoms with Crippen LogP contribution in [0.4, 0.5) is 5.69 Å². The molecule has 5 heteroatoms. The average Bonchev–Trinajstić information content (AvgIpc) is 2.69. The fourth-order valence-electron chi connectivity index (χ4n) is 2.37. The lowest BCUT2D eigenvalue weighted by molar-refractivity contribution is -0.119. The lowest BCUT2D eigenvalue weighted by Crippen LogP contribution is -2.27. The molecule has 2 aromatic rings. The zero-order chi connectivity index (χ0) is 13.6. The van der Waals surface area contributed by atoms with Crippen LogP contribution in [-0.4, -0.2) is 15.9 Å². The fourth-order valence-corrected chi connectivity index (χ4v) is 2.66. The maximum atomic E-state index is 11.6. The highest BCUT2D eigenvalue weighted by Gasteiger charge is 2.22. The standard InChI is InChI=1S/C14H14ClN3O/c1-7-5-10-6-9(3-4-11(10)18-14(7)19)12-13(15)17-8(2)16-12/h3-4,6-7H,5H2,1-2H3,(H,16,17)(H,18,19). The van der Waals surface area contributed by atoms with Crippen molar-refractivity contribution in [1.82, 2.24) is 9.97 Å². The molecule has 0 radical (unpaired) electrons. The number of aryl methyl sites for hydroxylation is 1. The topological polar surface area (TPSA) is 57.8 Å². The third-order valence-electron chi connectivity index (χ3n) is 3.40. The van der Waals surface area contributed by atoms with E-state index in [4.69, 9.17) is 11.6 Å². The van der Waals surface area contributed by atoms with Crippen LogP contribution in [0.1, 0.15) is 18.3 Å². The van der Waals surface area contributed by atoms with Gasteiger partial charge in [-0.25, -0.2) is 4.98 Å². The maximum absolute atomic E-state index is 11.6. The lowest BCUT2D eigenvalue weighted by atomic mass is 9.93. The first-order chi connectivity index (χ1) is 9.04. The van der Waals surface area contributed by atoms with E-state index in [1.165, 1.54) is 0 Å². The summed E-state index contributed by atoms with van der Waals surface area (Å²) in [6, 6.07) is 5.92. The van der Waals surface area contributed by atoms with E-state index in [1.807, 2.05) is 26.0 Å². The zero-order valence-electron chi connectivity index (χ0n) is 10.7. The van der Waals surface area contributed by atoms with Gasteiger partial charge in [0.15, 0.2) is 5.15 Å². The van der Waals surface area contributed by atoms with E-state index in [1.54, 1.807) is 0 Å². The molecule has 1 aromatic heterocycles. The Bertz CT molecular complexity index is 663. The number of hydrogen-bond acceptors (Lipinski definition) is 2. The zero-order valence-corrected chi connectivity index (χ0v) is 11.5. The molecule has 19 heavy (non-hydrogen) atoms. The quantitative estimate of drug-likeness (QED) is 0.840. The lowest BCUT2D eigenvalue weighted by Gasteiger charge is -2.22. The van der Waals surface area contributed by atoms with Gasteiger partial charge in [0.05, 0.1) is 5.69 Å². The number of benzene rings is 1. The first-order valence-corrected chi connectivity index (χ1v) is 6.58. The molecule has 4 nitrogen and oxygen atoms in total. The summed E-state index contributed by atoms with van der Waals surface area (Å²) >= 11 is 6.10. The van der Waals surface area contributed by atoms with Crippen LogP contribution in [0, 0.1) is 12.8 Å². The van der Waals surface area contributed by atoms with E-state index in [0.717, 1.165) is 34.8 Å². The van der Waals surface area contributed by atoms with Crippen molar-refractivity contribution in [3.05, 3.63) is 34.7 Å². The number of fused-ring (bicyclic) bond motifs is 1. The van der Waals surface area contributed by atoms with E-state index in [0.29, 0.717) is 5.15 Å². The third kappa shape index (κ3) is 2.12. The Morgan fingerprint density at radius 1 is 1.42 bits per heavy atom. The highest BCUT2D eigenvalue weighted by atomic mass is 35.5. The number of imidazole rings is 1. The van der Waals surface area contributed by atoms with Gasteiger partial charge in [0.2, 0.25) is 5.91 Å². The number of halogens is 1. The minimum atomic E-state index is 0.00160. The highest BCUT2D eigenvalue weighted by Crippen LogP contribution is 2.32. The van der Waals surface area contributed by atoms with Crippen molar-refractivity contribution < 1.29 is 4.79 Å². The summed E-state index contributed by atoms with van der Waals surface area (Å²) in [6.45, 7) is 3.80. The van der Waals surface area contributed by atoms with E-state index in [2.05, 4.69) is 21.4 Å². The monoisotopic (exact) mass is 275 g/mol. The Labute approximate surface area is 116 Å². The summed E-state index contributed by atoms with van der Waals surface area (Å²) in [5.41, 5.74) is 3.84. The smallest absolute Gasteiger partial charge is 0.227 e. The first kappa shape index (κ1) is 12.2. The van der Waals surface area contributed by atoms with Crippen LogP contribution in [0.15, 0.2) is 18.2 Å². The molecular formula is C14H14ClN3O. The molecule has 3 rings (SSSR count). The van der Waals surface area contributed by atoms with Gasteiger partial charge in [0.25, 0.3) is 0 Å². The predicted octanol–water partition coefficient (Wildman–Crippen LogP) is 3.17. The Hall–Kier alpha value is -1.81. The first-order valence-electron chi connectivity index (χ1n) is 6.21. The molecule has 0 bridgehead atoms. The molecule has 2 heterocycles. The number of aromatic amines is 1. The van der Waals surface area contributed by atoms with Gasteiger partial charge in [0, 0.05) is 17.2 Å². The van der Waals surface area contributed by atoms with E-state index in [-0.39, 0.29) is 11.8 Å². The largest absolute Gasteiger partial charge is 0.341 e. The number of carbonyl (C=O) groups is 1. The fraction of sp³-hybridized carbons (Fsp3) is 0.286. The van der Waals surface area contributed by atoms with Crippen LogP contribution in [0.2, 0.25) is 5.15 Å². The number of rotatable bonds is 1. The Morgan fingerprint density at radius 2 is 2.21 bits per heavy atom. The number of carbonyl (C=O) groups excluding carboxylic acids is 1. The molecule has 1 amide bonds. The minimum absolute atomic E-state index is 0.00160. The summed E-state index contributed by atoms with van der Waals surface area (Å²) in [7, 11) is 0. The second-order valence-corrected chi connectivity index (χ2v) is 5.31. The van der Waals surface area contributed by atoms with Crippen molar-refractivity contribution in [3.8, 4) is 11.3 Å². The minimum Gasteiger partial charge on any atom is -0.341 e. The number of amides is 1. The molecule has 1 atom stereocenters. The van der Waals surface area contributed by atoms with Gasteiger partial charge in [-0.3, -0.25) is 4.79 Å². The van der Waals surface area contributed by atoms with Crippen molar-refractivity contribution in [2.24, 2.45) is 5.92 Å². The van der Waals surface area contributed by atoms with Gasteiger partial charge in [-0.05, 0) is 31.0 Å². The van der Waals surface area contributed by atoms with E-state index >= 15 is 0 Å². The molecule has 1 unspecified atom stereocenters. The summed E-state index contributed by atoms with van der Waals surface area (Å²) in [4.78, 5) is 18.9. The molecule has 1 aliphatic heterocycles. The second-order valence-electron chi connectivity index (χ2n) is 4.95. The van der Waals surface area contributed by atoms with Gasteiger partial charge < -0.3 is 10.3 Å². The molecule has 0 spiro atoms. The van der Waals surface area contributed by atoms with Crippen molar-refractivity contribution in [2.45, 2.75) is 20.3 Å². The van der Waals surface area contributed by atoms with Gasteiger partial charge in [-0.1, -0.05) is 24.6 Å². The van der Waals surface area contributed by atoms with E-state index < -0.39 is 0 Å². The number of nitrogens with one attached hydrogen (secondary N) is 2. The highest BCUT2D eigenvalue weighted by molar-refractivity contribution is 6.31. The number of aromatic nitrogens is 2. The number of nitrogens with zero attached hydrogens (tertiary/aromatic N) is 1. The van der Waals surface area contributed by atoms with Crippen LogP contribution in [0.25, 0.3) is 11.3 Å². The summed E-state index contributed by atoms with van der Waals surface area (Å²) in [5.74, 6) is 0.872. The number of H-pyrrole nitrogens is 1. The Kier molecular flexibility index (Phi) is 2.82. The molecule has 0 aliphatic carbocycles. The molecular weight excluding hydrogens is 262 g/mol. The Balaban J connectivity index is 2.05. The average molecular weight is 276 g/mol. The predicted molar refractivity (Wildman–Crippen MR) is 75.3 cm³/mol. The summed E-state index contributed by atoms with van der Waals surface area (Å²) in [5, 5.41) is 3.39. The van der Waals surface area contributed by atoms with Gasteiger partial charge in [-0.15, -0.1) is 0 Å². The van der Waals surface area contributed by atoms with Crippen LogP contribution in [0.3, 0.4) is 0 Å². The molecule has 0 fully saturated rings. The molecule has 2 N–H and O–H groups in total. The normalized spacial score (nSPS) is 18.1. The van der Waals surface area contributed by atoms with Crippen LogP contribution in [0.5, 0.6) is 0 Å². The summed E-state index contributed by atoms with van der Waals surface area (Å²) in [6.07, 6.45) is 0.750. The number of anilines is 1. The molecule has 0 saturated carbocycles. The van der Waals surface area contributed by atoms with Crippen molar-refractivity contribution in [2.75, 3.05) is 5.32 Å². The second kappa shape index (κ2) is 4.38. The van der Waals surface area contributed by atoms with Crippen LogP contribution in [-0.2, 0) is 11.2 Å². The van der Waals surface area contributed by atoms with Crippen molar-refractivity contribution in [1.29, 1.82) is 0 Å². The van der Waals surface area contributed by atoms with Gasteiger partial charge in [0.1, 0.15) is 5.82 Å². The van der Waals surface area contributed by atoms with Gasteiger partial charge in [-0.2, -0.15) is 0 Å². The molecule has 98 valence electrons. The molecule has 1 aromatic carbocycles. The Morgan fingerprint density at radius 3 is 2.89 bits per heavy atom. The molecule has 1 aliphatic rings. The molecule has 0 saturated heterocycles. The van der Waals surface area contributed by atoms with Crippen molar-refractivity contribution >= 4 is 23.2 Å². The summed E-state index contributed by atoms with van der Waals surface area (Å²) < 4.78 is 0. The van der Waals surface area contributed by atoms with Crippen LogP contribution >= 0.6 is 11.6 Å². The SMILES string of the molecule is Cc1nc(Cl)c(-c2ccc3c(c2)CC(C)C(=O)N3)[nH]1. The maximum Gasteiger partial charge on any atom is 0.227 e. The van der Waals surface area contributed by atoms with Gasteiger partial charge >= 0.3 is 0 Å². The number of hydrogen-bond donors (Lipinski definition) is 2. The third-order valence-corrected chi connectivity index (χ3v) is 3.68. The van der Waals surface area contributed by atoms with Crippen LogP contribution < -0.4 is 5.32 Å². The van der Waals surface area contributed by atoms with Crippen molar-refractivity contribution in [3.63, 3.8) is 0 Å². The van der Waals surface area contributed by atoms with E-state index in [9.17, 15) is 4.79 Å².